The van der Waals surface area contributed by atoms with Crippen LogP contribution < -0.4 is 5.32 Å². The molecule has 0 aliphatic rings. The molecule has 0 aromatic carbocycles. The fourth-order valence-electron chi connectivity index (χ4n) is 2.32. The van der Waals surface area contributed by atoms with Crippen molar-refractivity contribution in [1.29, 1.82) is 0 Å². The van der Waals surface area contributed by atoms with Crippen LogP contribution in [0.15, 0.2) is 36.8 Å². The van der Waals surface area contributed by atoms with Crippen LogP contribution in [0.1, 0.15) is 42.3 Å². The van der Waals surface area contributed by atoms with Crippen molar-refractivity contribution in [3.05, 3.63) is 59.2 Å². The summed E-state index contributed by atoms with van der Waals surface area (Å²) in [5, 5.41) is 3.51. The van der Waals surface area contributed by atoms with Crippen LogP contribution in [0.5, 0.6) is 0 Å². The number of aryl methyl sites for hydroxylation is 2. The first kappa shape index (κ1) is 13.7. The molecule has 19 heavy (non-hydrogen) atoms. The van der Waals surface area contributed by atoms with Gasteiger partial charge in [-0.05, 0) is 42.6 Å². The van der Waals surface area contributed by atoms with Crippen LogP contribution in [0.3, 0.4) is 0 Å². The van der Waals surface area contributed by atoms with E-state index in [1.165, 1.54) is 16.7 Å². The number of hydrogen-bond donors (Lipinski definition) is 1. The third-order valence-corrected chi connectivity index (χ3v) is 3.22. The van der Waals surface area contributed by atoms with Gasteiger partial charge in [-0.3, -0.25) is 9.97 Å². The van der Waals surface area contributed by atoms with Gasteiger partial charge in [0.2, 0.25) is 0 Å². The van der Waals surface area contributed by atoms with E-state index < -0.39 is 0 Å². The molecule has 1 atom stereocenters. The first-order valence-electron chi connectivity index (χ1n) is 6.85. The normalized spacial score (nSPS) is 12.4. The summed E-state index contributed by atoms with van der Waals surface area (Å²) in [7, 11) is 0. The molecule has 0 aliphatic heterocycles. The SMILES string of the molecule is CCNC(c1cncc(C)c1)c1ncccc1CC. The van der Waals surface area contributed by atoms with E-state index in [4.69, 9.17) is 0 Å². The predicted octanol–water partition coefficient (Wildman–Crippen LogP) is 3.05. The average molecular weight is 255 g/mol. The second-order valence-electron chi connectivity index (χ2n) is 4.69. The van der Waals surface area contributed by atoms with Crippen molar-refractivity contribution in [2.45, 2.75) is 33.2 Å². The monoisotopic (exact) mass is 255 g/mol. The van der Waals surface area contributed by atoms with Gasteiger partial charge in [0.05, 0.1) is 11.7 Å². The van der Waals surface area contributed by atoms with Gasteiger partial charge in [-0.15, -0.1) is 0 Å². The average Bonchev–Trinajstić information content (AvgIpc) is 2.45. The summed E-state index contributed by atoms with van der Waals surface area (Å²) >= 11 is 0. The number of nitrogens with one attached hydrogen (secondary N) is 1. The molecule has 1 unspecified atom stereocenters. The van der Waals surface area contributed by atoms with E-state index in [9.17, 15) is 0 Å². The molecule has 0 aliphatic carbocycles. The van der Waals surface area contributed by atoms with Crippen LogP contribution in [0.4, 0.5) is 0 Å². The Hall–Kier alpha value is -1.74. The van der Waals surface area contributed by atoms with E-state index in [0.717, 1.165) is 18.7 Å². The Bertz CT molecular complexity index is 537. The van der Waals surface area contributed by atoms with E-state index in [1.807, 2.05) is 24.7 Å². The Morgan fingerprint density at radius 1 is 1.26 bits per heavy atom. The minimum absolute atomic E-state index is 0.119. The number of rotatable bonds is 5. The van der Waals surface area contributed by atoms with Crippen LogP contribution in [0, 0.1) is 6.92 Å². The van der Waals surface area contributed by atoms with Gasteiger partial charge >= 0.3 is 0 Å². The second kappa shape index (κ2) is 6.43. The second-order valence-corrected chi connectivity index (χ2v) is 4.69. The lowest BCUT2D eigenvalue weighted by atomic mass is 9.98. The van der Waals surface area contributed by atoms with Gasteiger partial charge in [-0.1, -0.05) is 26.0 Å². The minimum Gasteiger partial charge on any atom is -0.305 e. The van der Waals surface area contributed by atoms with Crippen molar-refractivity contribution in [3.63, 3.8) is 0 Å². The van der Waals surface area contributed by atoms with E-state index in [2.05, 4.69) is 48.2 Å². The highest BCUT2D eigenvalue weighted by Crippen LogP contribution is 2.23. The van der Waals surface area contributed by atoms with Gasteiger partial charge in [0, 0.05) is 18.6 Å². The van der Waals surface area contributed by atoms with Crippen LogP contribution in [0.2, 0.25) is 0 Å². The minimum atomic E-state index is 0.119. The number of aromatic nitrogens is 2. The van der Waals surface area contributed by atoms with Crippen molar-refractivity contribution < 1.29 is 0 Å². The van der Waals surface area contributed by atoms with Gasteiger partial charge in [0.1, 0.15) is 0 Å². The van der Waals surface area contributed by atoms with Crippen molar-refractivity contribution in [2.75, 3.05) is 6.54 Å². The summed E-state index contributed by atoms with van der Waals surface area (Å²) in [6, 6.07) is 6.44. The molecule has 0 bridgehead atoms. The molecule has 0 saturated heterocycles. The van der Waals surface area contributed by atoms with Gasteiger partial charge in [0.25, 0.3) is 0 Å². The van der Waals surface area contributed by atoms with Crippen molar-refractivity contribution in [3.8, 4) is 0 Å². The maximum Gasteiger partial charge on any atom is 0.0769 e. The highest BCUT2D eigenvalue weighted by Gasteiger charge is 2.17. The quantitative estimate of drug-likeness (QED) is 0.892. The maximum atomic E-state index is 4.58. The Morgan fingerprint density at radius 3 is 2.79 bits per heavy atom. The third kappa shape index (κ3) is 3.18. The predicted molar refractivity (Wildman–Crippen MR) is 78.1 cm³/mol. The first-order valence-corrected chi connectivity index (χ1v) is 6.85. The van der Waals surface area contributed by atoms with Crippen LogP contribution in [-0.4, -0.2) is 16.5 Å². The first-order chi connectivity index (χ1) is 9.26. The summed E-state index contributed by atoms with van der Waals surface area (Å²) in [6.45, 7) is 7.25. The van der Waals surface area contributed by atoms with Gasteiger partial charge < -0.3 is 5.32 Å². The molecule has 3 heteroatoms. The molecular weight excluding hydrogens is 234 g/mol. The molecule has 0 spiro atoms. The van der Waals surface area contributed by atoms with E-state index in [0.29, 0.717) is 0 Å². The lowest BCUT2D eigenvalue weighted by Crippen LogP contribution is -2.24. The van der Waals surface area contributed by atoms with Crippen molar-refractivity contribution >= 4 is 0 Å². The molecular formula is C16H21N3. The van der Waals surface area contributed by atoms with Gasteiger partial charge in [-0.2, -0.15) is 0 Å². The molecule has 2 aromatic heterocycles. The number of hydrogen-bond acceptors (Lipinski definition) is 3. The zero-order valence-corrected chi connectivity index (χ0v) is 11.9. The molecule has 100 valence electrons. The molecule has 0 amide bonds. The molecule has 1 N–H and O–H groups in total. The topological polar surface area (TPSA) is 37.8 Å². The summed E-state index contributed by atoms with van der Waals surface area (Å²) in [5.41, 5.74) is 4.75. The fourth-order valence-corrected chi connectivity index (χ4v) is 2.32. The zero-order valence-electron chi connectivity index (χ0n) is 11.9. The highest BCUT2D eigenvalue weighted by atomic mass is 14.9. The lowest BCUT2D eigenvalue weighted by Gasteiger charge is -2.20. The zero-order chi connectivity index (χ0) is 13.7. The van der Waals surface area contributed by atoms with Gasteiger partial charge in [0.15, 0.2) is 0 Å². The Labute approximate surface area is 115 Å². The standard InChI is InChI=1S/C16H21N3/c1-4-13-7-6-8-19-15(13)16(18-5-2)14-9-12(3)10-17-11-14/h6-11,16,18H,4-5H2,1-3H3. The number of nitrogens with zero attached hydrogens (tertiary/aromatic N) is 2. The van der Waals surface area contributed by atoms with Crippen molar-refractivity contribution in [2.24, 2.45) is 0 Å². The van der Waals surface area contributed by atoms with Crippen LogP contribution in [-0.2, 0) is 6.42 Å². The maximum absolute atomic E-state index is 4.58. The van der Waals surface area contributed by atoms with E-state index >= 15 is 0 Å². The Kier molecular flexibility index (Phi) is 4.63. The number of pyridine rings is 2. The summed E-state index contributed by atoms with van der Waals surface area (Å²) in [6.07, 6.45) is 6.66. The molecule has 2 aromatic rings. The van der Waals surface area contributed by atoms with Crippen molar-refractivity contribution in [1.82, 2.24) is 15.3 Å². The third-order valence-electron chi connectivity index (χ3n) is 3.22. The van der Waals surface area contributed by atoms with E-state index in [1.54, 1.807) is 0 Å². The lowest BCUT2D eigenvalue weighted by molar-refractivity contribution is 0.607. The largest absolute Gasteiger partial charge is 0.305 e. The van der Waals surface area contributed by atoms with Gasteiger partial charge in [-0.25, -0.2) is 0 Å². The Balaban J connectivity index is 2.45. The molecule has 3 nitrogen and oxygen atoms in total. The Morgan fingerprint density at radius 2 is 2.11 bits per heavy atom. The van der Waals surface area contributed by atoms with Crippen LogP contribution >= 0.6 is 0 Å². The summed E-state index contributed by atoms with van der Waals surface area (Å²) in [5.74, 6) is 0. The summed E-state index contributed by atoms with van der Waals surface area (Å²) < 4.78 is 0. The molecule has 2 rings (SSSR count). The van der Waals surface area contributed by atoms with E-state index in [-0.39, 0.29) is 6.04 Å². The molecule has 0 saturated carbocycles. The summed E-state index contributed by atoms with van der Waals surface area (Å²) in [4.78, 5) is 8.88. The fraction of sp³-hybridized carbons (Fsp3) is 0.375. The smallest absolute Gasteiger partial charge is 0.0769 e. The highest BCUT2D eigenvalue weighted by molar-refractivity contribution is 5.32. The molecule has 2 heterocycles. The van der Waals surface area contributed by atoms with Crippen LogP contribution in [0.25, 0.3) is 0 Å². The molecule has 0 fully saturated rings. The molecule has 0 radical (unpaired) electrons.